The van der Waals surface area contributed by atoms with Gasteiger partial charge in [-0.05, 0) is 60.6 Å². The van der Waals surface area contributed by atoms with Crippen LogP contribution in [0.25, 0.3) is 10.9 Å². The van der Waals surface area contributed by atoms with Crippen LogP contribution in [-0.2, 0) is 10.2 Å². The van der Waals surface area contributed by atoms with Gasteiger partial charge in [0.2, 0.25) is 5.91 Å². The van der Waals surface area contributed by atoms with Crippen LogP contribution in [0.2, 0.25) is 0 Å². The summed E-state index contributed by atoms with van der Waals surface area (Å²) in [6.45, 7) is 14.5. The number of hydrogen-bond acceptors (Lipinski definition) is 4. The van der Waals surface area contributed by atoms with Gasteiger partial charge < -0.3 is 14.5 Å². The first-order valence-corrected chi connectivity index (χ1v) is 12.4. The molecule has 4 rings (SSSR count). The molecule has 0 radical (unpaired) electrons. The third-order valence-corrected chi connectivity index (χ3v) is 6.71. The minimum atomic E-state index is 0.136. The fraction of sp³-hybridized carbons (Fsp3) is 0.448. The van der Waals surface area contributed by atoms with Gasteiger partial charge in [-0.1, -0.05) is 51.1 Å². The fourth-order valence-electron chi connectivity index (χ4n) is 4.51. The molecule has 1 aliphatic heterocycles. The van der Waals surface area contributed by atoms with Gasteiger partial charge in [0.05, 0.1) is 12.1 Å². The molecule has 0 bridgehead atoms. The monoisotopic (exact) mass is 459 g/mol. The fourth-order valence-corrected chi connectivity index (χ4v) is 4.51. The van der Waals surface area contributed by atoms with Gasteiger partial charge in [-0.25, -0.2) is 4.98 Å². The molecule has 2 aromatic carbocycles. The summed E-state index contributed by atoms with van der Waals surface area (Å²) in [6.07, 6.45) is 1.25. The first-order chi connectivity index (χ1) is 16.2. The molecule has 3 aromatic rings. The first kappa shape index (κ1) is 24.1. The summed E-state index contributed by atoms with van der Waals surface area (Å²) in [4.78, 5) is 21.9. The van der Waals surface area contributed by atoms with Crippen LogP contribution in [0.1, 0.15) is 50.3 Å². The number of anilines is 1. The molecule has 0 atom stereocenters. The number of amides is 1. The number of nitrogens with zero attached hydrogens (tertiary/aromatic N) is 3. The van der Waals surface area contributed by atoms with Gasteiger partial charge in [-0.3, -0.25) is 4.79 Å². The molecule has 0 spiro atoms. The van der Waals surface area contributed by atoms with Crippen LogP contribution in [0.3, 0.4) is 0 Å². The second-order valence-electron chi connectivity index (χ2n) is 10.4. The Kier molecular flexibility index (Phi) is 7.11. The molecule has 0 aliphatic carbocycles. The van der Waals surface area contributed by atoms with Crippen molar-refractivity contribution in [2.75, 3.05) is 37.7 Å². The molecular weight excluding hydrogens is 422 g/mol. The van der Waals surface area contributed by atoms with Gasteiger partial charge in [0.15, 0.2) is 0 Å². The second-order valence-corrected chi connectivity index (χ2v) is 10.4. The van der Waals surface area contributed by atoms with Crippen LogP contribution in [-0.4, -0.2) is 48.6 Å². The van der Waals surface area contributed by atoms with Crippen molar-refractivity contribution in [1.82, 2.24) is 9.88 Å². The topological polar surface area (TPSA) is 45.7 Å². The van der Waals surface area contributed by atoms with Gasteiger partial charge in [-0.2, -0.15) is 0 Å². The molecule has 5 heteroatoms. The Morgan fingerprint density at radius 3 is 2.35 bits per heavy atom. The van der Waals surface area contributed by atoms with Crippen LogP contribution in [0, 0.1) is 13.8 Å². The Hall–Kier alpha value is -3.08. The zero-order chi connectivity index (χ0) is 24.3. The minimum Gasteiger partial charge on any atom is -0.494 e. The van der Waals surface area contributed by atoms with E-state index in [1.807, 2.05) is 17.0 Å². The standard InChI is InChI=1S/C29H37N3O2/c1-21-8-6-9-25-22(2)20-26(30-28(21)25)31-15-17-32(18-16-31)27(33)10-7-19-34-24-13-11-23(12-14-24)29(3,4)5/h6,8-9,11-14,20H,7,10,15-19H2,1-5H3. The van der Waals surface area contributed by atoms with E-state index in [-0.39, 0.29) is 11.3 Å². The van der Waals surface area contributed by atoms with Gasteiger partial charge in [0, 0.05) is 38.0 Å². The molecule has 180 valence electrons. The van der Waals surface area contributed by atoms with Crippen molar-refractivity contribution in [2.45, 2.75) is 52.9 Å². The van der Waals surface area contributed by atoms with Gasteiger partial charge in [0.1, 0.15) is 11.6 Å². The van der Waals surface area contributed by atoms with E-state index in [9.17, 15) is 4.79 Å². The lowest BCUT2D eigenvalue weighted by Crippen LogP contribution is -2.49. The normalized spacial score (nSPS) is 14.5. The molecule has 1 saturated heterocycles. The summed E-state index contributed by atoms with van der Waals surface area (Å²) in [6, 6.07) is 16.8. The van der Waals surface area contributed by atoms with E-state index in [1.54, 1.807) is 0 Å². The number of hydrogen-bond donors (Lipinski definition) is 0. The zero-order valence-corrected chi connectivity index (χ0v) is 21.2. The van der Waals surface area contributed by atoms with Crippen molar-refractivity contribution in [1.29, 1.82) is 0 Å². The number of carbonyl (C=O) groups is 1. The maximum Gasteiger partial charge on any atom is 0.222 e. The molecule has 1 fully saturated rings. The Bertz CT molecular complexity index is 1140. The number of rotatable bonds is 6. The lowest BCUT2D eigenvalue weighted by molar-refractivity contribution is -0.131. The number of ether oxygens (including phenoxy) is 1. The summed E-state index contributed by atoms with van der Waals surface area (Å²) >= 11 is 0. The van der Waals surface area contributed by atoms with Crippen LogP contribution < -0.4 is 9.64 Å². The van der Waals surface area contributed by atoms with E-state index >= 15 is 0 Å². The van der Waals surface area contributed by atoms with Crippen molar-refractivity contribution in [2.24, 2.45) is 0 Å². The van der Waals surface area contributed by atoms with E-state index in [0.29, 0.717) is 13.0 Å². The lowest BCUT2D eigenvalue weighted by Gasteiger charge is -2.35. The molecule has 2 heterocycles. The van der Waals surface area contributed by atoms with Gasteiger partial charge in [0.25, 0.3) is 0 Å². The minimum absolute atomic E-state index is 0.136. The van der Waals surface area contributed by atoms with Gasteiger partial charge in [-0.15, -0.1) is 0 Å². The highest BCUT2D eigenvalue weighted by molar-refractivity contribution is 5.86. The molecule has 0 N–H and O–H groups in total. The van der Waals surface area contributed by atoms with Crippen molar-refractivity contribution in [3.05, 3.63) is 65.2 Å². The number of fused-ring (bicyclic) bond motifs is 1. The number of piperazine rings is 1. The number of aryl methyl sites for hydroxylation is 2. The van der Waals surface area contributed by atoms with Crippen LogP contribution in [0.4, 0.5) is 5.82 Å². The maximum absolute atomic E-state index is 12.7. The lowest BCUT2D eigenvalue weighted by atomic mass is 9.87. The SMILES string of the molecule is Cc1cc(N2CCN(C(=O)CCCOc3ccc(C(C)(C)C)cc3)CC2)nc2c(C)cccc12. The Balaban J connectivity index is 1.24. The summed E-state index contributed by atoms with van der Waals surface area (Å²) in [5.41, 5.74) is 4.94. The molecule has 1 amide bonds. The number of para-hydroxylation sites is 1. The Morgan fingerprint density at radius 2 is 1.68 bits per heavy atom. The Morgan fingerprint density at radius 1 is 0.971 bits per heavy atom. The first-order valence-electron chi connectivity index (χ1n) is 12.4. The summed E-state index contributed by atoms with van der Waals surface area (Å²) in [5, 5.41) is 1.21. The van der Waals surface area contributed by atoms with Crippen molar-refractivity contribution in [3.8, 4) is 5.75 Å². The highest BCUT2D eigenvalue weighted by Crippen LogP contribution is 2.26. The van der Waals surface area contributed by atoms with Crippen LogP contribution in [0.15, 0.2) is 48.5 Å². The molecule has 5 nitrogen and oxygen atoms in total. The summed E-state index contributed by atoms with van der Waals surface area (Å²) in [5.74, 6) is 2.09. The number of carbonyl (C=O) groups excluding carboxylic acids is 1. The zero-order valence-electron chi connectivity index (χ0n) is 21.2. The molecule has 0 unspecified atom stereocenters. The highest BCUT2D eigenvalue weighted by atomic mass is 16.5. The average molecular weight is 460 g/mol. The van der Waals surface area contributed by atoms with Crippen LogP contribution >= 0.6 is 0 Å². The van der Waals surface area contributed by atoms with E-state index in [2.05, 4.69) is 75.9 Å². The van der Waals surface area contributed by atoms with Crippen molar-refractivity contribution in [3.63, 3.8) is 0 Å². The number of aromatic nitrogens is 1. The molecule has 1 aromatic heterocycles. The largest absolute Gasteiger partial charge is 0.494 e. The second kappa shape index (κ2) is 10.0. The number of benzene rings is 2. The predicted octanol–water partition coefficient (Wildman–Crippen LogP) is 5.66. The van der Waals surface area contributed by atoms with E-state index in [4.69, 9.17) is 9.72 Å². The molecule has 34 heavy (non-hydrogen) atoms. The third-order valence-electron chi connectivity index (χ3n) is 6.71. The maximum atomic E-state index is 12.7. The van der Waals surface area contributed by atoms with Gasteiger partial charge >= 0.3 is 0 Å². The smallest absolute Gasteiger partial charge is 0.222 e. The van der Waals surface area contributed by atoms with E-state index in [1.165, 1.54) is 22.1 Å². The van der Waals surface area contributed by atoms with E-state index in [0.717, 1.165) is 49.7 Å². The molecular formula is C29H37N3O2. The highest BCUT2D eigenvalue weighted by Gasteiger charge is 2.22. The van der Waals surface area contributed by atoms with Crippen molar-refractivity contribution >= 4 is 22.6 Å². The van der Waals surface area contributed by atoms with E-state index < -0.39 is 0 Å². The van der Waals surface area contributed by atoms with Crippen molar-refractivity contribution < 1.29 is 9.53 Å². The average Bonchev–Trinajstić information content (AvgIpc) is 2.82. The Labute approximate surface area is 203 Å². The van der Waals surface area contributed by atoms with Crippen LogP contribution in [0.5, 0.6) is 5.75 Å². The summed E-state index contributed by atoms with van der Waals surface area (Å²) < 4.78 is 5.86. The summed E-state index contributed by atoms with van der Waals surface area (Å²) in [7, 11) is 0. The molecule has 1 aliphatic rings. The molecule has 0 saturated carbocycles. The number of pyridine rings is 1. The predicted molar refractivity (Wildman–Crippen MR) is 140 cm³/mol. The third kappa shape index (κ3) is 5.52. The quantitative estimate of drug-likeness (QED) is 0.447.